The first-order chi connectivity index (χ1) is 6.60. The lowest BCUT2D eigenvalue weighted by molar-refractivity contribution is 0.118. The van der Waals surface area contributed by atoms with E-state index in [9.17, 15) is 0 Å². The Bertz CT molecular complexity index is 180. The van der Waals surface area contributed by atoms with E-state index < -0.39 is 0 Å². The van der Waals surface area contributed by atoms with Gasteiger partial charge in [-0.1, -0.05) is 48.5 Å². The molecule has 0 saturated heterocycles. The van der Waals surface area contributed by atoms with Gasteiger partial charge in [0.25, 0.3) is 0 Å². The van der Waals surface area contributed by atoms with Gasteiger partial charge in [-0.15, -0.1) is 0 Å². The van der Waals surface area contributed by atoms with Crippen molar-refractivity contribution in [2.24, 2.45) is 16.7 Å². The van der Waals surface area contributed by atoms with Gasteiger partial charge in [-0.3, -0.25) is 0 Å². The fraction of sp³-hybridized carbons (Fsp3) is 1.00. The molecule has 1 heteroatoms. The van der Waals surface area contributed by atoms with Crippen LogP contribution in [0, 0.1) is 16.7 Å². The summed E-state index contributed by atoms with van der Waals surface area (Å²) in [5.41, 5.74) is 0.861. The van der Waals surface area contributed by atoms with E-state index in [1.54, 1.807) is 0 Å². The predicted molar refractivity (Wildman–Crippen MR) is 70.2 cm³/mol. The number of nitrogens with zero attached hydrogens (tertiary/aromatic N) is 1. The van der Waals surface area contributed by atoms with Gasteiger partial charge in [0.15, 0.2) is 0 Å². The summed E-state index contributed by atoms with van der Waals surface area (Å²) in [4.78, 5) is 2.49. The van der Waals surface area contributed by atoms with Crippen molar-refractivity contribution in [3.05, 3.63) is 0 Å². The van der Waals surface area contributed by atoms with Crippen LogP contribution in [0.4, 0.5) is 0 Å². The minimum Gasteiger partial charge on any atom is -0.305 e. The molecule has 0 fully saturated rings. The summed E-state index contributed by atoms with van der Waals surface area (Å²) < 4.78 is 0. The average Bonchev–Trinajstić information content (AvgIpc) is 2.01. The molecule has 0 radical (unpaired) electrons. The van der Waals surface area contributed by atoms with Crippen LogP contribution in [-0.4, -0.2) is 25.0 Å². The number of hydrogen-bond donors (Lipinski definition) is 0. The second kappa shape index (κ2) is 5.34. The van der Waals surface area contributed by atoms with Gasteiger partial charge in [0.05, 0.1) is 0 Å². The van der Waals surface area contributed by atoms with Gasteiger partial charge in [0.2, 0.25) is 0 Å². The standard InChI is InChI=1S/C14H31N/c1-9-13(4,5)10-15(8)11-14(6,7)12(2)3/h12H,9-11H2,1-8H3. The van der Waals surface area contributed by atoms with Gasteiger partial charge in [-0.05, 0) is 30.2 Å². The van der Waals surface area contributed by atoms with Gasteiger partial charge in [0.1, 0.15) is 0 Å². The van der Waals surface area contributed by atoms with Crippen LogP contribution in [0.25, 0.3) is 0 Å². The molecule has 1 nitrogen and oxygen atoms in total. The molecule has 0 aliphatic rings. The second-order valence-electron chi connectivity index (χ2n) is 6.83. The lowest BCUT2D eigenvalue weighted by Crippen LogP contribution is -2.39. The summed E-state index contributed by atoms with van der Waals surface area (Å²) >= 11 is 0. The highest BCUT2D eigenvalue weighted by atomic mass is 15.1. The molecule has 92 valence electrons. The highest BCUT2D eigenvalue weighted by molar-refractivity contribution is 4.78. The topological polar surface area (TPSA) is 3.24 Å². The predicted octanol–water partition coefficient (Wildman–Crippen LogP) is 4.04. The Hall–Kier alpha value is -0.0400. The molecule has 0 unspecified atom stereocenters. The van der Waals surface area contributed by atoms with Crippen molar-refractivity contribution in [3.63, 3.8) is 0 Å². The minimum absolute atomic E-state index is 0.415. The fourth-order valence-electron chi connectivity index (χ4n) is 1.78. The third-order valence-corrected chi connectivity index (χ3v) is 3.90. The monoisotopic (exact) mass is 213 g/mol. The summed E-state index contributed by atoms with van der Waals surface area (Å²) in [6, 6.07) is 0. The fourth-order valence-corrected chi connectivity index (χ4v) is 1.78. The highest BCUT2D eigenvalue weighted by Crippen LogP contribution is 2.28. The Kier molecular flexibility index (Phi) is 5.32. The average molecular weight is 213 g/mol. The van der Waals surface area contributed by atoms with Crippen LogP contribution in [0.1, 0.15) is 54.9 Å². The van der Waals surface area contributed by atoms with Crippen molar-refractivity contribution in [1.29, 1.82) is 0 Å². The third kappa shape index (κ3) is 5.55. The van der Waals surface area contributed by atoms with Crippen LogP contribution >= 0.6 is 0 Å². The first-order valence-electron chi connectivity index (χ1n) is 6.29. The van der Waals surface area contributed by atoms with E-state index in [2.05, 4.69) is 60.4 Å². The Morgan fingerprint density at radius 2 is 1.47 bits per heavy atom. The Labute approximate surface area is 97.2 Å². The maximum absolute atomic E-state index is 2.49. The lowest BCUT2D eigenvalue weighted by Gasteiger charge is -2.37. The molecule has 0 aliphatic heterocycles. The van der Waals surface area contributed by atoms with Crippen molar-refractivity contribution < 1.29 is 0 Å². The molecule has 0 aliphatic carbocycles. The van der Waals surface area contributed by atoms with E-state index in [4.69, 9.17) is 0 Å². The van der Waals surface area contributed by atoms with Gasteiger partial charge >= 0.3 is 0 Å². The molecule has 0 aromatic carbocycles. The molecular weight excluding hydrogens is 182 g/mol. The van der Waals surface area contributed by atoms with Gasteiger partial charge in [-0.2, -0.15) is 0 Å². The summed E-state index contributed by atoms with van der Waals surface area (Å²) in [5.74, 6) is 0.740. The molecule has 0 rings (SSSR count). The smallest absolute Gasteiger partial charge is 0.00323 e. The molecule has 0 bridgehead atoms. The summed E-state index contributed by atoms with van der Waals surface area (Å²) in [5, 5.41) is 0. The van der Waals surface area contributed by atoms with E-state index in [1.165, 1.54) is 19.5 Å². The van der Waals surface area contributed by atoms with Crippen molar-refractivity contribution >= 4 is 0 Å². The highest BCUT2D eigenvalue weighted by Gasteiger charge is 2.26. The molecule has 0 N–H and O–H groups in total. The normalized spacial score (nSPS) is 14.0. The zero-order valence-electron chi connectivity index (χ0n) is 12.1. The second-order valence-corrected chi connectivity index (χ2v) is 6.83. The Morgan fingerprint density at radius 3 is 1.80 bits per heavy atom. The van der Waals surface area contributed by atoms with Crippen molar-refractivity contribution in [3.8, 4) is 0 Å². The SMILES string of the molecule is CCC(C)(C)CN(C)CC(C)(C)C(C)C. The third-order valence-electron chi connectivity index (χ3n) is 3.90. The molecule has 15 heavy (non-hydrogen) atoms. The van der Waals surface area contributed by atoms with E-state index in [0.717, 1.165) is 5.92 Å². The molecule has 0 amide bonds. The molecule has 0 aromatic rings. The zero-order valence-corrected chi connectivity index (χ0v) is 12.1. The van der Waals surface area contributed by atoms with Crippen LogP contribution in [0.2, 0.25) is 0 Å². The van der Waals surface area contributed by atoms with Crippen molar-refractivity contribution in [2.75, 3.05) is 20.1 Å². The first kappa shape index (κ1) is 15.0. The van der Waals surface area contributed by atoms with Crippen LogP contribution in [0.5, 0.6) is 0 Å². The molecule has 0 spiro atoms. The molecular formula is C14H31N. The van der Waals surface area contributed by atoms with Gasteiger partial charge < -0.3 is 4.90 Å². The van der Waals surface area contributed by atoms with Gasteiger partial charge in [-0.25, -0.2) is 0 Å². The van der Waals surface area contributed by atoms with E-state index in [1.807, 2.05) is 0 Å². The minimum atomic E-state index is 0.415. The van der Waals surface area contributed by atoms with Crippen LogP contribution in [-0.2, 0) is 0 Å². The van der Waals surface area contributed by atoms with Crippen molar-refractivity contribution in [1.82, 2.24) is 4.90 Å². The van der Waals surface area contributed by atoms with Crippen molar-refractivity contribution in [2.45, 2.75) is 54.9 Å². The summed E-state index contributed by atoms with van der Waals surface area (Å²) in [6.45, 7) is 18.7. The Morgan fingerprint density at radius 1 is 1.00 bits per heavy atom. The summed E-state index contributed by atoms with van der Waals surface area (Å²) in [7, 11) is 2.25. The number of rotatable bonds is 6. The van der Waals surface area contributed by atoms with Crippen LogP contribution < -0.4 is 0 Å². The lowest BCUT2D eigenvalue weighted by atomic mass is 9.80. The maximum atomic E-state index is 2.49. The van der Waals surface area contributed by atoms with E-state index in [-0.39, 0.29) is 0 Å². The molecule has 0 heterocycles. The van der Waals surface area contributed by atoms with Crippen LogP contribution in [0.3, 0.4) is 0 Å². The summed E-state index contributed by atoms with van der Waals surface area (Å²) in [6.07, 6.45) is 1.25. The maximum Gasteiger partial charge on any atom is 0.00323 e. The largest absolute Gasteiger partial charge is 0.305 e. The zero-order chi connectivity index (χ0) is 12.3. The number of hydrogen-bond acceptors (Lipinski definition) is 1. The first-order valence-corrected chi connectivity index (χ1v) is 6.29. The van der Waals surface area contributed by atoms with E-state index in [0.29, 0.717) is 10.8 Å². The van der Waals surface area contributed by atoms with E-state index >= 15 is 0 Å². The molecule has 0 aromatic heterocycles. The Balaban J connectivity index is 4.20. The molecule has 0 saturated carbocycles. The molecule has 0 atom stereocenters. The van der Waals surface area contributed by atoms with Crippen LogP contribution in [0.15, 0.2) is 0 Å². The quantitative estimate of drug-likeness (QED) is 0.644. The van der Waals surface area contributed by atoms with Gasteiger partial charge in [0, 0.05) is 13.1 Å².